The fourth-order valence-corrected chi connectivity index (χ4v) is 3.97. The van der Waals surface area contributed by atoms with Crippen molar-refractivity contribution in [3.8, 4) is 11.4 Å². The Morgan fingerprint density at radius 1 is 1.27 bits per heavy atom. The molecule has 1 amide bonds. The van der Waals surface area contributed by atoms with Gasteiger partial charge in [-0.3, -0.25) is 9.69 Å². The number of benzene rings is 1. The first-order valence-corrected chi connectivity index (χ1v) is 9.18. The van der Waals surface area contributed by atoms with Crippen molar-refractivity contribution in [3.05, 3.63) is 47.8 Å². The Balaban J connectivity index is 1.64. The molecule has 1 unspecified atom stereocenters. The summed E-state index contributed by atoms with van der Waals surface area (Å²) < 4.78 is 6.28. The van der Waals surface area contributed by atoms with E-state index in [1.807, 2.05) is 43.5 Å². The number of primary amides is 1. The number of hydrogen-bond donors (Lipinski definition) is 1. The highest BCUT2D eigenvalue weighted by Crippen LogP contribution is 2.41. The van der Waals surface area contributed by atoms with Gasteiger partial charge >= 0.3 is 0 Å². The topological polar surface area (TPSA) is 81.3 Å². The van der Waals surface area contributed by atoms with E-state index < -0.39 is 0 Å². The van der Waals surface area contributed by atoms with E-state index in [0.29, 0.717) is 6.61 Å². The van der Waals surface area contributed by atoms with Crippen molar-refractivity contribution >= 4 is 5.91 Å². The predicted molar refractivity (Wildman–Crippen MR) is 98.3 cm³/mol. The summed E-state index contributed by atoms with van der Waals surface area (Å²) in [5, 5.41) is 0. The smallest absolute Gasteiger partial charge is 0.234 e. The molecule has 0 aliphatic carbocycles. The standard InChI is InChI=1S/C20H24N4O2/c1-14(18(21)25)24-10-8-20(9-11-24)17-16(7-12-26-20)13-22-19(23-17)15-5-3-2-4-6-15/h2-6,13-14H,7-12H2,1H3,(H2,21,25). The fourth-order valence-electron chi connectivity index (χ4n) is 3.97. The van der Waals surface area contributed by atoms with Crippen LogP contribution in [0.3, 0.4) is 0 Å². The fraction of sp³-hybridized carbons (Fsp3) is 0.450. The average molecular weight is 352 g/mol. The average Bonchev–Trinajstić information content (AvgIpc) is 2.69. The Kier molecular flexibility index (Phi) is 4.46. The SMILES string of the molecule is CC(C(N)=O)N1CCC2(CC1)OCCc1cnc(-c3ccccc3)nc12. The maximum absolute atomic E-state index is 11.5. The third-order valence-electron chi connectivity index (χ3n) is 5.64. The zero-order chi connectivity index (χ0) is 18.1. The van der Waals surface area contributed by atoms with E-state index in [9.17, 15) is 4.79 Å². The van der Waals surface area contributed by atoms with Crippen molar-refractivity contribution in [2.45, 2.75) is 37.8 Å². The molecule has 0 saturated carbocycles. The number of nitrogens with two attached hydrogens (primary N) is 1. The van der Waals surface area contributed by atoms with Gasteiger partial charge in [-0.05, 0) is 31.7 Å². The molecule has 1 saturated heterocycles. The number of nitrogens with zero attached hydrogens (tertiary/aromatic N) is 3. The largest absolute Gasteiger partial charge is 0.368 e. The highest BCUT2D eigenvalue weighted by atomic mass is 16.5. The van der Waals surface area contributed by atoms with E-state index in [-0.39, 0.29) is 17.6 Å². The van der Waals surface area contributed by atoms with Crippen molar-refractivity contribution in [2.75, 3.05) is 19.7 Å². The summed E-state index contributed by atoms with van der Waals surface area (Å²) in [5.74, 6) is 0.460. The number of aromatic nitrogens is 2. The van der Waals surface area contributed by atoms with Crippen LogP contribution < -0.4 is 5.73 Å². The number of amides is 1. The van der Waals surface area contributed by atoms with Crippen LogP contribution in [0.5, 0.6) is 0 Å². The van der Waals surface area contributed by atoms with E-state index in [1.54, 1.807) is 0 Å². The molecule has 1 fully saturated rings. The Hall–Kier alpha value is -2.31. The zero-order valence-electron chi connectivity index (χ0n) is 15.0. The minimum Gasteiger partial charge on any atom is -0.368 e. The summed E-state index contributed by atoms with van der Waals surface area (Å²) in [6.45, 7) is 4.10. The highest BCUT2D eigenvalue weighted by Gasteiger charge is 2.43. The van der Waals surface area contributed by atoms with Gasteiger partial charge in [-0.1, -0.05) is 30.3 Å². The van der Waals surface area contributed by atoms with Crippen molar-refractivity contribution in [1.82, 2.24) is 14.9 Å². The first-order valence-electron chi connectivity index (χ1n) is 9.18. The summed E-state index contributed by atoms with van der Waals surface area (Å²) in [4.78, 5) is 23.1. The van der Waals surface area contributed by atoms with Crippen molar-refractivity contribution < 1.29 is 9.53 Å². The van der Waals surface area contributed by atoms with Gasteiger partial charge in [0.2, 0.25) is 5.91 Å². The number of ether oxygens (including phenoxy) is 1. The van der Waals surface area contributed by atoms with Crippen LogP contribution in [0, 0.1) is 0 Å². The van der Waals surface area contributed by atoms with E-state index in [1.165, 1.54) is 5.56 Å². The molecule has 3 heterocycles. The summed E-state index contributed by atoms with van der Waals surface area (Å²) in [6.07, 6.45) is 4.41. The zero-order valence-corrected chi connectivity index (χ0v) is 15.0. The Bertz CT molecular complexity index is 801. The third-order valence-corrected chi connectivity index (χ3v) is 5.64. The molecule has 136 valence electrons. The first-order chi connectivity index (χ1) is 12.6. The maximum Gasteiger partial charge on any atom is 0.234 e. The monoisotopic (exact) mass is 352 g/mol. The van der Waals surface area contributed by atoms with Gasteiger partial charge in [0.1, 0.15) is 5.60 Å². The highest BCUT2D eigenvalue weighted by molar-refractivity contribution is 5.79. The molecule has 1 aromatic carbocycles. The van der Waals surface area contributed by atoms with E-state index in [4.69, 9.17) is 15.5 Å². The van der Waals surface area contributed by atoms with E-state index >= 15 is 0 Å². The van der Waals surface area contributed by atoms with Gasteiger partial charge in [0.05, 0.1) is 18.3 Å². The van der Waals surface area contributed by atoms with Gasteiger partial charge in [-0.15, -0.1) is 0 Å². The van der Waals surface area contributed by atoms with E-state index in [0.717, 1.165) is 49.4 Å². The van der Waals surface area contributed by atoms with Crippen LogP contribution in [-0.4, -0.2) is 46.5 Å². The summed E-state index contributed by atoms with van der Waals surface area (Å²) >= 11 is 0. The molecule has 1 atom stereocenters. The van der Waals surface area contributed by atoms with Gasteiger partial charge < -0.3 is 10.5 Å². The Morgan fingerprint density at radius 2 is 2.00 bits per heavy atom. The molecule has 2 aliphatic rings. The van der Waals surface area contributed by atoms with Crippen LogP contribution in [0.4, 0.5) is 0 Å². The van der Waals surface area contributed by atoms with Crippen molar-refractivity contribution in [2.24, 2.45) is 5.73 Å². The molecule has 2 N–H and O–H groups in total. The number of piperidine rings is 1. The number of likely N-dealkylation sites (tertiary alicyclic amines) is 1. The van der Waals surface area contributed by atoms with Gasteiger partial charge in [0.25, 0.3) is 0 Å². The molecular formula is C20H24N4O2. The molecule has 6 nitrogen and oxygen atoms in total. The Morgan fingerprint density at radius 3 is 2.69 bits per heavy atom. The van der Waals surface area contributed by atoms with Gasteiger partial charge in [0.15, 0.2) is 5.82 Å². The third kappa shape index (κ3) is 2.99. The van der Waals surface area contributed by atoms with Crippen LogP contribution in [0.25, 0.3) is 11.4 Å². The van der Waals surface area contributed by atoms with Crippen molar-refractivity contribution in [3.63, 3.8) is 0 Å². The van der Waals surface area contributed by atoms with Gasteiger partial charge in [-0.25, -0.2) is 9.97 Å². The molecule has 0 bridgehead atoms. The minimum atomic E-state index is -0.381. The second kappa shape index (κ2) is 6.78. The molecule has 0 radical (unpaired) electrons. The quantitative estimate of drug-likeness (QED) is 0.912. The van der Waals surface area contributed by atoms with Crippen LogP contribution in [0.15, 0.2) is 36.5 Å². The van der Waals surface area contributed by atoms with E-state index in [2.05, 4.69) is 9.88 Å². The number of rotatable bonds is 3. The predicted octanol–water partition coefficient (Wildman–Crippen LogP) is 1.88. The number of fused-ring (bicyclic) bond motifs is 2. The van der Waals surface area contributed by atoms with Gasteiger partial charge in [0, 0.05) is 24.8 Å². The lowest BCUT2D eigenvalue weighted by Crippen LogP contribution is -2.52. The minimum absolute atomic E-state index is 0.249. The molecular weight excluding hydrogens is 328 g/mol. The Labute approximate surface area is 153 Å². The molecule has 26 heavy (non-hydrogen) atoms. The number of hydrogen-bond acceptors (Lipinski definition) is 5. The molecule has 1 spiro atoms. The maximum atomic E-state index is 11.5. The molecule has 6 heteroatoms. The number of carbonyl (C=O) groups is 1. The van der Waals surface area contributed by atoms with Crippen LogP contribution >= 0.6 is 0 Å². The number of carbonyl (C=O) groups excluding carboxylic acids is 1. The normalized spacial score (nSPS) is 20.5. The lowest BCUT2D eigenvalue weighted by atomic mass is 9.82. The second-order valence-corrected chi connectivity index (χ2v) is 7.14. The van der Waals surface area contributed by atoms with Gasteiger partial charge in [-0.2, -0.15) is 0 Å². The summed E-state index contributed by atoms with van der Waals surface area (Å²) in [6, 6.07) is 9.77. The summed E-state index contributed by atoms with van der Waals surface area (Å²) in [5.41, 5.74) is 8.29. The summed E-state index contributed by atoms with van der Waals surface area (Å²) in [7, 11) is 0. The molecule has 4 rings (SSSR count). The second-order valence-electron chi connectivity index (χ2n) is 7.14. The first kappa shape index (κ1) is 17.1. The van der Waals surface area contributed by atoms with Crippen molar-refractivity contribution in [1.29, 1.82) is 0 Å². The van der Waals surface area contributed by atoms with Crippen LogP contribution in [0.2, 0.25) is 0 Å². The van der Waals surface area contributed by atoms with Crippen LogP contribution in [0.1, 0.15) is 31.0 Å². The molecule has 1 aromatic heterocycles. The van der Waals surface area contributed by atoms with Crippen LogP contribution in [-0.2, 0) is 21.6 Å². The molecule has 2 aromatic rings. The molecule has 2 aliphatic heterocycles. The lowest BCUT2D eigenvalue weighted by molar-refractivity contribution is -0.129. The lowest BCUT2D eigenvalue weighted by Gasteiger charge is -2.45.